The number of hydrogen-bond donors (Lipinski definition) is 0. The predicted molar refractivity (Wildman–Crippen MR) is 76.5 cm³/mol. The lowest BCUT2D eigenvalue weighted by molar-refractivity contribution is 0.0157. The standard InChI is InChI=1S/C16H23NO2/c1-2-3-9-15(17-10-12-19-13-11-17)16(18)14-7-5-4-6-8-14/h4-8,15H,2-3,9-13H2,1H3. The van der Waals surface area contributed by atoms with E-state index in [0.29, 0.717) is 0 Å². The Morgan fingerprint density at radius 1 is 1.26 bits per heavy atom. The molecule has 0 aliphatic carbocycles. The second-order valence-electron chi connectivity index (χ2n) is 5.04. The van der Waals surface area contributed by atoms with E-state index in [2.05, 4.69) is 11.8 Å². The maximum absolute atomic E-state index is 12.7. The smallest absolute Gasteiger partial charge is 0.179 e. The van der Waals surface area contributed by atoms with Crippen LogP contribution in [0.15, 0.2) is 30.3 Å². The lowest BCUT2D eigenvalue weighted by Crippen LogP contribution is -2.47. The third kappa shape index (κ3) is 3.88. The molecule has 0 saturated carbocycles. The normalized spacial score (nSPS) is 18.2. The topological polar surface area (TPSA) is 29.5 Å². The molecule has 1 aliphatic heterocycles. The zero-order valence-electron chi connectivity index (χ0n) is 11.7. The molecule has 1 atom stereocenters. The van der Waals surface area contributed by atoms with Crippen molar-refractivity contribution in [2.24, 2.45) is 0 Å². The summed E-state index contributed by atoms with van der Waals surface area (Å²) in [5.74, 6) is 0.260. The van der Waals surface area contributed by atoms with E-state index in [1.54, 1.807) is 0 Å². The number of hydrogen-bond acceptors (Lipinski definition) is 3. The van der Waals surface area contributed by atoms with Crippen LogP contribution in [-0.4, -0.2) is 43.0 Å². The van der Waals surface area contributed by atoms with Crippen molar-refractivity contribution in [1.29, 1.82) is 0 Å². The van der Waals surface area contributed by atoms with Crippen molar-refractivity contribution in [3.63, 3.8) is 0 Å². The molecular formula is C16H23NO2. The number of ether oxygens (including phenoxy) is 1. The van der Waals surface area contributed by atoms with Gasteiger partial charge in [0.15, 0.2) is 5.78 Å². The third-order valence-corrected chi connectivity index (χ3v) is 3.68. The number of nitrogens with zero attached hydrogens (tertiary/aromatic N) is 1. The Balaban J connectivity index is 2.09. The fourth-order valence-corrected chi connectivity index (χ4v) is 2.56. The average Bonchev–Trinajstić information content (AvgIpc) is 2.49. The lowest BCUT2D eigenvalue weighted by Gasteiger charge is -2.33. The van der Waals surface area contributed by atoms with Gasteiger partial charge in [-0.2, -0.15) is 0 Å². The molecule has 3 nitrogen and oxygen atoms in total. The molecule has 0 bridgehead atoms. The van der Waals surface area contributed by atoms with E-state index >= 15 is 0 Å². The van der Waals surface area contributed by atoms with Gasteiger partial charge in [0, 0.05) is 18.7 Å². The molecule has 0 aromatic heterocycles. The number of rotatable bonds is 6. The molecule has 1 saturated heterocycles. The summed E-state index contributed by atoms with van der Waals surface area (Å²) >= 11 is 0. The average molecular weight is 261 g/mol. The lowest BCUT2D eigenvalue weighted by atomic mass is 9.97. The van der Waals surface area contributed by atoms with E-state index in [9.17, 15) is 4.79 Å². The predicted octanol–water partition coefficient (Wildman–Crippen LogP) is 2.76. The van der Waals surface area contributed by atoms with Crippen LogP contribution in [0.5, 0.6) is 0 Å². The molecule has 0 amide bonds. The van der Waals surface area contributed by atoms with Crippen molar-refractivity contribution < 1.29 is 9.53 Å². The van der Waals surface area contributed by atoms with Gasteiger partial charge in [0.2, 0.25) is 0 Å². The second-order valence-corrected chi connectivity index (χ2v) is 5.04. The molecule has 1 heterocycles. The largest absolute Gasteiger partial charge is 0.379 e. The van der Waals surface area contributed by atoms with Gasteiger partial charge >= 0.3 is 0 Å². The Kier molecular flexibility index (Phi) is 5.55. The fraction of sp³-hybridized carbons (Fsp3) is 0.562. The SMILES string of the molecule is CCCCC(C(=O)c1ccccc1)N1CCOCC1. The van der Waals surface area contributed by atoms with Crippen LogP contribution >= 0.6 is 0 Å². The molecule has 1 fully saturated rings. The molecule has 2 rings (SSSR count). The van der Waals surface area contributed by atoms with Gasteiger partial charge in [-0.05, 0) is 6.42 Å². The van der Waals surface area contributed by atoms with Crippen LogP contribution in [0, 0.1) is 0 Å². The summed E-state index contributed by atoms with van der Waals surface area (Å²) < 4.78 is 5.39. The van der Waals surface area contributed by atoms with Crippen molar-refractivity contribution in [2.75, 3.05) is 26.3 Å². The highest BCUT2D eigenvalue weighted by Crippen LogP contribution is 2.16. The fourth-order valence-electron chi connectivity index (χ4n) is 2.56. The minimum atomic E-state index is 0.0197. The maximum atomic E-state index is 12.7. The van der Waals surface area contributed by atoms with E-state index in [0.717, 1.165) is 51.1 Å². The third-order valence-electron chi connectivity index (χ3n) is 3.68. The molecule has 19 heavy (non-hydrogen) atoms. The molecular weight excluding hydrogens is 238 g/mol. The first-order valence-electron chi connectivity index (χ1n) is 7.24. The van der Waals surface area contributed by atoms with E-state index in [1.807, 2.05) is 30.3 Å². The summed E-state index contributed by atoms with van der Waals surface area (Å²) in [7, 11) is 0. The van der Waals surface area contributed by atoms with Crippen molar-refractivity contribution in [1.82, 2.24) is 4.90 Å². The van der Waals surface area contributed by atoms with Gasteiger partial charge in [0.1, 0.15) is 0 Å². The van der Waals surface area contributed by atoms with Crippen molar-refractivity contribution in [3.05, 3.63) is 35.9 Å². The van der Waals surface area contributed by atoms with Gasteiger partial charge in [-0.1, -0.05) is 50.1 Å². The molecule has 0 radical (unpaired) electrons. The van der Waals surface area contributed by atoms with Crippen LogP contribution in [0.25, 0.3) is 0 Å². The van der Waals surface area contributed by atoms with Crippen molar-refractivity contribution in [2.45, 2.75) is 32.2 Å². The molecule has 104 valence electrons. The van der Waals surface area contributed by atoms with Crippen LogP contribution in [0.3, 0.4) is 0 Å². The highest BCUT2D eigenvalue weighted by atomic mass is 16.5. The Morgan fingerprint density at radius 3 is 2.58 bits per heavy atom. The first-order chi connectivity index (χ1) is 9.33. The molecule has 1 unspecified atom stereocenters. The second kappa shape index (κ2) is 7.41. The highest BCUT2D eigenvalue weighted by molar-refractivity contribution is 6.00. The number of Topliss-reactive ketones (excluding diaryl/α,β-unsaturated/α-hetero) is 1. The van der Waals surface area contributed by atoms with Gasteiger partial charge in [0.25, 0.3) is 0 Å². The summed E-state index contributed by atoms with van der Waals surface area (Å²) in [6, 6.07) is 9.68. The van der Waals surface area contributed by atoms with Crippen molar-refractivity contribution >= 4 is 5.78 Å². The van der Waals surface area contributed by atoms with Crippen LogP contribution in [-0.2, 0) is 4.74 Å². The summed E-state index contributed by atoms with van der Waals surface area (Å²) in [6.45, 7) is 5.39. The molecule has 3 heteroatoms. The molecule has 0 spiro atoms. The summed E-state index contributed by atoms with van der Waals surface area (Å²) in [5, 5.41) is 0. The maximum Gasteiger partial charge on any atom is 0.179 e. The number of benzene rings is 1. The van der Waals surface area contributed by atoms with E-state index in [1.165, 1.54) is 0 Å². The monoisotopic (exact) mass is 261 g/mol. The molecule has 1 aliphatic rings. The Hall–Kier alpha value is -1.19. The number of ketones is 1. The van der Waals surface area contributed by atoms with Crippen LogP contribution in [0.2, 0.25) is 0 Å². The molecule has 1 aromatic carbocycles. The quantitative estimate of drug-likeness (QED) is 0.737. The van der Waals surface area contributed by atoms with Crippen LogP contribution < -0.4 is 0 Å². The summed E-state index contributed by atoms with van der Waals surface area (Å²) in [6.07, 6.45) is 3.17. The Bertz CT molecular complexity index is 385. The number of carbonyl (C=O) groups excluding carboxylic acids is 1. The highest BCUT2D eigenvalue weighted by Gasteiger charge is 2.27. The van der Waals surface area contributed by atoms with Gasteiger partial charge in [-0.3, -0.25) is 9.69 Å². The Labute approximate surface area is 115 Å². The first kappa shape index (κ1) is 14.2. The van der Waals surface area contributed by atoms with Crippen LogP contribution in [0.4, 0.5) is 0 Å². The number of unbranched alkanes of at least 4 members (excludes halogenated alkanes) is 1. The number of carbonyl (C=O) groups is 1. The van der Waals surface area contributed by atoms with Crippen LogP contribution in [0.1, 0.15) is 36.5 Å². The minimum Gasteiger partial charge on any atom is -0.379 e. The van der Waals surface area contributed by atoms with Gasteiger partial charge in [-0.15, -0.1) is 0 Å². The molecule has 1 aromatic rings. The zero-order chi connectivity index (χ0) is 13.5. The summed E-state index contributed by atoms with van der Waals surface area (Å²) in [4.78, 5) is 15.0. The van der Waals surface area contributed by atoms with E-state index in [-0.39, 0.29) is 11.8 Å². The Morgan fingerprint density at radius 2 is 1.95 bits per heavy atom. The molecule has 0 N–H and O–H groups in total. The van der Waals surface area contributed by atoms with E-state index in [4.69, 9.17) is 4.74 Å². The number of morpholine rings is 1. The first-order valence-corrected chi connectivity index (χ1v) is 7.24. The van der Waals surface area contributed by atoms with Gasteiger partial charge in [0.05, 0.1) is 19.3 Å². The minimum absolute atomic E-state index is 0.0197. The van der Waals surface area contributed by atoms with Gasteiger partial charge < -0.3 is 4.74 Å². The zero-order valence-corrected chi connectivity index (χ0v) is 11.7. The van der Waals surface area contributed by atoms with Crippen molar-refractivity contribution in [3.8, 4) is 0 Å². The summed E-state index contributed by atoms with van der Waals surface area (Å²) in [5.41, 5.74) is 0.829. The van der Waals surface area contributed by atoms with Gasteiger partial charge in [-0.25, -0.2) is 0 Å². The van der Waals surface area contributed by atoms with E-state index < -0.39 is 0 Å².